The summed E-state index contributed by atoms with van der Waals surface area (Å²) in [5, 5.41) is 9.87. The first kappa shape index (κ1) is 22.9. The number of para-hydroxylation sites is 2. The van der Waals surface area contributed by atoms with Gasteiger partial charge in [0.15, 0.2) is 0 Å². The van der Waals surface area contributed by atoms with E-state index in [0.29, 0.717) is 16.9 Å². The SMILES string of the molecule is C[C@H](c1ccc(-n2cncn2)cc1)N(C)CC(=O)Nc1ccccc1C(=O)Nc1ccccc1. The Kier molecular flexibility index (Phi) is 7.10. The number of nitrogens with one attached hydrogen (secondary N) is 2. The fraction of sp³-hybridized carbons (Fsp3) is 0.154. The Hall–Kier alpha value is -4.30. The van der Waals surface area contributed by atoms with Crippen molar-refractivity contribution < 1.29 is 9.59 Å². The van der Waals surface area contributed by atoms with Gasteiger partial charge in [-0.05, 0) is 55.9 Å². The van der Waals surface area contributed by atoms with Crippen LogP contribution in [0.1, 0.15) is 28.9 Å². The molecule has 34 heavy (non-hydrogen) atoms. The monoisotopic (exact) mass is 454 g/mol. The van der Waals surface area contributed by atoms with E-state index in [1.807, 2.05) is 73.5 Å². The van der Waals surface area contributed by atoms with Crippen molar-refractivity contribution in [2.45, 2.75) is 13.0 Å². The standard InChI is InChI=1S/C26H26N6O2/c1-19(20-12-14-22(15-13-20)32-18-27-17-28-32)31(2)16-25(33)30-24-11-7-6-10-23(24)26(34)29-21-8-4-3-5-9-21/h3-15,17-19H,16H2,1-2H3,(H,29,34)(H,30,33)/t19-/m1/s1. The van der Waals surface area contributed by atoms with Crippen LogP contribution in [0.2, 0.25) is 0 Å². The van der Waals surface area contributed by atoms with Gasteiger partial charge in [-0.15, -0.1) is 0 Å². The normalized spacial score (nSPS) is 11.7. The third-order valence-electron chi connectivity index (χ3n) is 5.59. The molecule has 172 valence electrons. The molecule has 2 amide bonds. The predicted octanol–water partition coefficient (Wildman–Crippen LogP) is 4.15. The molecule has 0 saturated heterocycles. The molecule has 0 bridgehead atoms. The quantitative estimate of drug-likeness (QED) is 0.417. The Labute approximate surface area is 198 Å². The van der Waals surface area contributed by atoms with Gasteiger partial charge in [-0.3, -0.25) is 14.5 Å². The summed E-state index contributed by atoms with van der Waals surface area (Å²) in [6.45, 7) is 2.21. The summed E-state index contributed by atoms with van der Waals surface area (Å²) in [5.74, 6) is -0.482. The number of aromatic nitrogens is 3. The van der Waals surface area contributed by atoms with E-state index in [0.717, 1.165) is 11.3 Å². The van der Waals surface area contributed by atoms with Crippen LogP contribution in [0.5, 0.6) is 0 Å². The second-order valence-corrected chi connectivity index (χ2v) is 7.94. The molecule has 0 aliphatic carbocycles. The molecule has 0 aliphatic rings. The van der Waals surface area contributed by atoms with Crippen molar-refractivity contribution >= 4 is 23.2 Å². The lowest BCUT2D eigenvalue weighted by molar-refractivity contribution is -0.117. The van der Waals surface area contributed by atoms with Crippen molar-refractivity contribution in [1.82, 2.24) is 19.7 Å². The zero-order valence-electron chi connectivity index (χ0n) is 19.1. The van der Waals surface area contributed by atoms with Crippen molar-refractivity contribution in [1.29, 1.82) is 0 Å². The molecule has 4 aromatic rings. The maximum Gasteiger partial charge on any atom is 0.257 e. The molecule has 2 N–H and O–H groups in total. The third-order valence-corrected chi connectivity index (χ3v) is 5.59. The number of anilines is 2. The molecular weight excluding hydrogens is 428 g/mol. The van der Waals surface area contributed by atoms with Gasteiger partial charge >= 0.3 is 0 Å². The lowest BCUT2D eigenvalue weighted by atomic mass is 10.1. The summed E-state index contributed by atoms with van der Waals surface area (Å²) in [6.07, 6.45) is 3.14. The van der Waals surface area contributed by atoms with Gasteiger partial charge in [0, 0.05) is 11.7 Å². The van der Waals surface area contributed by atoms with Crippen molar-refractivity contribution in [2.24, 2.45) is 0 Å². The van der Waals surface area contributed by atoms with Crippen LogP contribution >= 0.6 is 0 Å². The Balaban J connectivity index is 1.38. The smallest absolute Gasteiger partial charge is 0.257 e. The molecule has 1 heterocycles. The number of hydrogen-bond acceptors (Lipinski definition) is 5. The summed E-state index contributed by atoms with van der Waals surface area (Å²) >= 11 is 0. The first-order valence-electron chi connectivity index (χ1n) is 10.9. The van der Waals surface area contributed by atoms with Gasteiger partial charge in [-0.2, -0.15) is 5.10 Å². The molecule has 4 rings (SSSR count). The minimum atomic E-state index is -0.281. The largest absolute Gasteiger partial charge is 0.324 e. The maximum atomic E-state index is 12.8. The Morgan fingerprint density at radius 2 is 1.65 bits per heavy atom. The Morgan fingerprint density at radius 1 is 0.941 bits per heavy atom. The van der Waals surface area contributed by atoms with Crippen molar-refractivity contribution in [3.8, 4) is 5.69 Å². The van der Waals surface area contributed by atoms with Gasteiger partial charge < -0.3 is 10.6 Å². The molecular formula is C26H26N6O2. The number of nitrogens with zero attached hydrogens (tertiary/aromatic N) is 4. The molecule has 8 heteroatoms. The molecule has 1 aromatic heterocycles. The van der Waals surface area contributed by atoms with Crippen molar-refractivity contribution in [2.75, 3.05) is 24.2 Å². The van der Waals surface area contributed by atoms with Crippen LogP contribution in [-0.4, -0.2) is 45.1 Å². The molecule has 8 nitrogen and oxygen atoms in total. The number of hydrogen-bond donors (Lipinski definition) is 2. The van der Waals surface area contributed by atoms with Gasteiger partial charge in [0.05, 0.1) is 23.5 Å². The Bertz CT molecular complexity index is 1240. The summed E-state index contributed by atoms with van der Waals surface area (Å²) in [6, 6.07) is 24.2. The average Bonchev–Trinajstić information content (AvgIpc) is 3.39. The molecule has 0 saturated carbocycles. The number of amides is 2. The second kappa shape index (κ2) is 10.5. The van der Waals surface area contributed by atoms with Gasteiger partial charge in [0.25, 0.3) is 5.91 Å². The van der Waals surface area contributed by atoms with Crippen LogP contribution in [0, 0.1) is 0 Å². The predicted molar refractivity (Wildman–Crippen MR) is 132 cm³/mol. The molecule has 0 aliphatic heterocycles. The number of rotatable bonds is 8. The van der Waals surface area contributed by atoms with Crippen LogP contribution in [0.4, 0.5) is 11.4 Å². The highest BCUT2D eigenvalue weighted by molar-refractivity contribution is 6.10. The van der Waals surface area contributed by atoms with E-state index in [9.17, 15) is 9.59 Å². The first-order chi connectivity index (χ1) is 16.5. The molecule has 0 fully saturated rings. The third kappa shape index (κ3) is 5.54. The highest BCUT2D eigenvalue weighted by atomic mass is 16.2. The van der Waals surface area contributed by atoms with Gasteiger partial charge in [-0.1, -0.05) is 42.5 Å². The number of likely N-dealkylation sites (N-methyl/N-ethyl adjacent to an activating group) is 1. The lowest BCUT2D eigenvalue weighted by Crippen LogP contribution is -2.32. The van der Waals surface area contributed by atoms with Crippen LogP contribution in [0.15, 0.2) is 91.5 Å². The highest BCUT2D eigenvalue weighted by Crippen LogP contribution is 2.21. The Morgan fingerprint density at radius 3 is 2.35 bits per heavy atom. The minimum Gasteiger partial charge on any atom is -0.324 e. The molecule has 3 aromatic carbocycles. The van der Waals surface area contributed by atoms with E-state index in [2.05, 4.69) is 20.7 Å². The van der Waals surface area contributed by atoms with E-state index in [4.69, 9.17) is 0 Å². The number of carbonyl (C=O) groups excluding carboxylic acids is 2. The summed E-state index contributed by atoms with van der Waals surface area (Å²) in [4.78, 5) is 31.5. The average molecular weight is 455 g/mol. The first-order valence-corrected chi connectivity index (χ1v) is 10.9. The lowest BCUT2D eigenvalue weighted by Gasteiger charge is -2.25. The molecule has 1 atom stereocenters. The van der Waals surface area contributed by atoms with Gasteiger partial charge in [0.2, 0.25) is 5.91 Å². The maximum absolute atomic E-state index is 12.8. The van der Waals surface area contributed by atoms with Crippen molar-refractivity contribution in [3.63, 3.8) is 0 Å². The summed E-state index contributed by atoms with van der Waals surface area (Å²) < 4.78 is 1.69. The molecule has 0 radical (unpaired) electrons. The van der Waals surface area contributed by atoms with Crippen LogP contribution in [0.3, 0.4) is 0 Å². The van der Waals surface area contributed by atoms with E-state index in [1.165, 1.54) is 6.33 Å². The zero-order valence-corrected chi connectivity index (χ0v) is 19.1. The van der Waals surface area contributed by atoms with E-state index >= 15 is 0 Å². The summed E-state index contributed by atoms with van der Waals surface area (Å²) in [7, 11) is 1.89. The van der Waals surface area contributed by atoms with Crippen LogP contribution < -0.4 is 10.6 Å². The van der Waals surface area contributed by atoms with E-state index in [1.54, 1.807) is 35.3 Å². The zero-order chi connectivity index (χ0) is 23.9. The summed E-state index contributed by atoms with van der Waals surface area (Å²) in [5.41, 5.74) is 3.55. The number of carbonyl (C=O) groups is 2. The minimum absolute atomic E-state index is 0.00664. The fourth-order valence-corrected chi connectivity index (χ4v) is 3.56. The molecule has 0 spiro atoms. The van der Waals surface area contributed by atoms with Gasteiger partial charge in [0.1, 0.15) is 12.7 Å². The fourth-order valence-electron chi connectivity index (χ4n) is 3.56. The van der Waals surface area contributed by atoms with Gasteiger partial charge in [-0.25, -0.2) is 9.67 Å². The van der Waals surface area contributed by atoms with Crippen LogP contribution in [0.25, 0.3) is 5.69 Å². The van der Waals surface area contributed by atoms with E-state index in [-0.39, 0.29) is 24.4 Å². The van der Waals surface area contributed by atoms with E-state index < -0.39 is 0 Å². The topological polar surface area (TPSA) is 92.2 Å². The van der Waals surface area contributed by atoms with Crippen LogP contribution in [-0.2, 0) is 4.79 Å². The highest BCUT2D eigenvalue weighted by Gasteiger charge is 2.18. The number of benzene rings is 3. The second-order valence-electron chi connectivity index (χ2n) is 7.94. The molecule has 0 unspecified atom stereocenters. The van der Waals surface area contributed by atoms with Crippen molar-refractivity contribution in [3.05, 3.63) is 103 Å².